The molecule has 1 atom stereocenters. The Morgan fingerprint density at radius 3 is 2.59 bits per heavy atom. The number of amidine groups is 1. The molecule has 0 saturated heterocycles. The molecule has 0 radical (unpaired) electrons. The Bertz CT molecular complexity index is 1460. The molecule has 3 rings (SSSR count). The van der Waals surface area contributed by atoms with Gasteiger partial charge in [-0.05, 0) is 37.6 Å². The van der Waals surface area contributed by atoms with Crippen molar-refractivity contribution in [3.63, 3.8) is 0 Å². The molecule has 1 heterocycles. The molecule has 13 heteroatoms. The molecule has 0 aliphatic rings. The highest BCUT2D eigenvalue weighted by atomic mass is 127. The Kier molecular flexibility index (Phi) is 9.87. The smallest absolute Gasteiger partial charge is 0.294 e. The Labute approximate surface area is 239 Å². The Hall–Kier alpha value is -4.14. The highest BCUT2D eigenvalue weighted by Crippen LogP contribution is 2.24. The maximum Gasteiger partial charge on any atom is 0.294 e. The van der Waals surface area contributed by atoms with Gasteiger partial charge in [-0.3, -0.25) is 24.4 Å². The average Bonchev–Trinajstić information content (AvgIpc) is 2.92. The van der Waals surface area contributed by atoms with Crippen molar-refractivity contribution in [2.75, 3.05) is 16.4 Å². The molecule has 0 bridgehead atoms. The molecule has 0 saturated carbocycles. The second kappa shape index (κ2) is 13.1. The van der Waals surface area contributed by atoms with Crippen molar-refractivity contribution in [2.24, 2.45) is 5.73 Å². The summed E-state index contributed by atoms with van der Waals surface area (Å²) in [6.07, 6.45) is 2.21. The number of hydrogen-bond acceptors (Lipinski definition) is 8. The number of methoxy groups -OCH3 is 1. The number of nitrogens with one attached hydrogen (secondary N) is 4. The lowest BCUT2D eigenvalue weighted by molar-refractivity contribution is -0.121. The minimum Gasteiger partial charge on any atom is -0.496 e. The van der Waals surface area contributed by atoms with Gasteiger partial charge < -0.3 is 30.4 Å². The normalized spacial score (nSPS) is 11.4. The predicted octanol–water partition coefficient (Wildman–Crippen LogP) is 2.39. The van der Waals surface area contributed by atoms with E-state index in [1.807, 2.05) is 13.8 Å². The molecule has 0 aliphatic heterocycles. The van der Waals surface area contributed by atoms with Crippen LogP contribution in [0.4, 0.5) is 11.5 Å². The van der Waals surface area contributed by atoms with Gasteiger partial charge in [0, 0.05) is 40.5 Å². The van der Waals surface area contributed by atoms with Gasteiger partial charge in [-0.1, -0.05) is 19.1 Å². The van der Waals surface area contributed by atoms with Crippen molar-refractivity contribution < 1.29 is 14.3 Å². The molecule has 1 aromatic heterocycles. The van der Waals surface area contributed by atoms with Gasteiger partial charge >= 0.3 is 0 Å². The highest BCUT2D eigenvalue weighted by molar-refractivity contribution is 14.1. The lowest BCUT2D eigenvalue weighted by atomic mass is 10.1. The molecule has 39 heavy (non-hydrogen) atoms. The number of hydrogen-bond donors (Lipinski definition) is 6. The fraction of sp³-hybridized carbons (Fsp3) is 0.269. The van der Waals surface area contributed by atoms with E-state index < -0.39 is 11.5 Å². The summed E-state index contributed by atoms with van der Waals surface area (Å²) in [6, 6.07) is 9.72. The number of aromatic nitrogens is 2. The Morgan fingerprint density at radius 2 is 1.95 bits per heavy atom. The van der Waals surface area contributed by atoms with Gasteiger partial charge in [-0.25, -0.2) is 4.98 Å². The second-order valence-electron chi connectivity index (χ2n) is 8.82. The summed E-state index contributed by atoms with van der Waals surface area (Å²) in [5, 5.41) is 13.3. The van der Waals surface area contributed by atoms with Crippen molar-refractivity contribution in [3.05, 3.63) is 69.6 Å². The number of carbonyl (C=O) groups excluding carboxylic acids is 2. The number of nitrogen functional groups attached to an aromatic ring is 2. The fourth-order valence-electron chi connectivity index (χ4n) is 3.73. The average molecular weight is 646 g/mol. The van der Waals surface area contributed by atoms with Crippen molar-refractivity contribution in [1.82, 2.24) is 20.2 Å². The molecule has 8 N–H and O–H groups in total. The largest absolute Gasteiger partial charge is 0.496 e. The maximum absolute atomic E-state index is 13.2. The monoisotopic (exact) mass is 646 g/mol. The summed E-state index contributed by atoms with van der Waals surface area (Å²) in [4.78, 5) is 43.1. The number of ether oxygens (including phenoxy) is 1. The van der Waals surface area contributed by atoms with Crippen LogP contribution in [0, 0.1) is 5.41 Å². The van der Waals surface area contributed by atoms with Crippen LogP contribution in [0.25, 0.3) is 11.3 Å². The fourth-order valence-corrected chi connectivity index (χ4v) is 4.10. The van der Waals surface area contributed by atoms with Crippen LogP contribution in [0.2, 0.25) is 0 Å². The van der Waals surface area contributed by atoms with E-state index in [-0.39, 0.29) is 36.7 Å². The second-order valence-corrected chi connectivity index (χ2v) is 9.36. The summed E-state index contributed by atoms with van der Waals surface area (Å²) in [5.74, 6) is -0.334. The van der Waals surface area contributed by atoms with Crippen LogP contribution < -0.4 is 35.9 Å². The number of nitrogens with zero attached hydrogens (tertiary/aromatic N) is 2. The quantitative estimate of drug-likeness (QED) is 0.0602. The van der Waals surface area contributed by atoms with Gasteiger partial charge in [-0.2, -0.15) is 0 Å². The molecular weight excluding hydrogens is 615 g/mol. The van der Waals surface area contributed by atoms with Crippen molar-refractivity contribution in [2.45, 2.75) is 39.4 Å². The number of amides is 2. The van der Waals surface area contributed by atoms with E-state index in [1.165, 1.54) is 17.9 Å². The number of anilines is 2. The minimum atomic E-state index is -0.520. The van der Waals surface area contributed by atoms with Crippen LogP contribution in [0.3, 0.4) is 0 Å². The molecular formula is C26H31IN8O4. The first-order chi connectivity index (χ1) is 18.6. The van der Waals surface area contributed by atoms with E-state index in [2.05, 4.69) is 19.1 Å². The zero-order chi connectivity index (χ0) is 28.7. The van der Waals surface area contributed by atoms with Crippen LogP contribution in [0.15, 0.2) is 47.4 Å². The first kappa shape index (κ1) is 29.4. The van der Waals surface area contributed by atoms with Crippen LogP contribution in [-0.2, 0) is 17.9 Å². The number of benzene rings is 2. The third-order valence-corrected chi connectivity index (χ3v) is 6.53. The zero-order valence-corrected chi connectivity index (χ0v) is 24.0. The van der Waals surface area contributed by atoms with E-state index in [1.54, 1.807) is 59.3 Å². The Morgan fingerprint density at radius 1 is 1.21 bits per heavy atom. The SMILES string of the molecule is CC[C@@H](C)NC(=O)c1cc(N)cc(-c2cnc(NI)c(=O)n2CC(=O)NCc2ccc(C(=N)N)cc2OC)c1. The van der Waals surface area contributed by atoms with Crippen LogP contribution in [0.5, 0.6) is 5.75 Å². The minimum absolute atomic E-state index is 0.0303. The standard InChI is InChI=1S/C26H31IN8O4/c1-4-14(2)33-25(37)18-7-17(8-19(28)9-18)20-12-32-24(34-27)26(38)35(20)13-22(36)31-11-16-6-5-15(23(29)30)10-21(16)39-3/h5-10,12,14H,4,11,13,28H2,1-3H3,(H3,29,30)(H,31,36)(H,32,34)(H,33,37)/t14-/m1/s1. The molecule has 0 spiro atoms. The van der Waals surface area contributed by atoms with Gasteiger partial charge in [0.05, 0.1) is 41.9 Å². The maximum atomic E-state index is 13.2. The molecule has 12 nitrogen and oxygen atoms in total. The number of nitrogens with two attached hydrogens (primary N) is 2. The molecule has 0 unspecified atom stereocenters. The summed E-state index contributed by atoms with van der Waals surface area (Å²) in [7, 11) is 1.48. The summed E-state index contributed by atoms with van der Waals surface area (Å²) >= 11 is 1.79. The molecule has 3 aromatic rings. The van der Waals surface area contributed by atoms with Crippen LogP contribution in [-0.4, -0.2) is 40.4 Å². The number of halogens is 1. The third-order valence-electron chi connectivity index (χ3n) is 6.02. The van der Waals surface area contributed by atoms with Crippen LogP contribution >= 0.6 is 22.9 Å². The van der Waals surface area contributed by atoms with Gasteiger partial charge in [0.2, 0.25) is 11.7 Å². The van der Waals surface area contributed by atoms with Crippen molar-refractivity contribution >= 4 is 52.0 Å². The van der Waals surface area contributed by atoms with Crippen molar-refractivity contribution in [3.8, 4) is 17.0 Å². The highest BCUT2D eigenvalue weighted by Gasteiger charge is 2.18. The van der Waals surface area contributed by atoms with E-state index in [0.717, 1.165) is 6.42 Å². The zero-order valence-electron chi connectivity index (χ0n) is 21.8. The molecule has 2 aromatic carbocycles. The lowest BCUT2D eigenvalue weighted by Crippen LogP contribution is -2.34. The van der Waals surface area contributed by atoms with Crippen molar-refractivity contribution in [1.29, 1.82) is 5.41 Å². The predicted molar refractivity (Wildman–Crippen MR) is 159 cm³/mol. The molecule has 2 amide bonds. The summed E-state index contributed by atoms with van der Waals surface area (Å²) in [6.45, 7) is 3.66. The van der Waals surface area contributed by atoms with E-state index >= 15 is 0 Å². The number of carbonyl (C=O) groups is 2. The van der Waals surface area contributed by atoms with Gasteiger partial charge in [0.25, 0.3) is 11.5 Å². The third kappa shape index (κ3) is 7.25. The van der Waals surface area contributed by atoms with Crippen LogP contribution in [0.1, 0.15) is 41.8 Å². The van der Waals surface area contributed by atoms with Gasteiger partial charge in [0.1, 0.15) is 18.1 Å². The van der Waals surface area contributed by atoms with Gasteiger partial charge in [0.15, 0.2) is 0 Å². The number of rotatable bonds is 11. The first-order valence-electron chi connectivity index (χ1n) is 12.0. The lowest BCUT2D eigenvalue weighted by Gasteiger charge is -2.16. The summed E-state index contributed by atoms with van der Waals surface area (Å²) in [5.41, 5.74) is 13.7. The molecule has 0 aliphatic carbocycles. The summed E-state index contributed by atoms with van der Waals surface area (Å²) < 4.78 is 9.34. The van der Waals surface area contributed by atoms with E-state index in [9.17, 15) is 14.4 Å². The molecule has 206 valence electrons. The van der Waals surface area contributed by atoms with E-state index in [0.29, 0.717) is 39.4 Å². The Balaban J connectivity index is 1.92. The van der Waals surface area contributed by atoms with E-state index in [4.69, 9.17) is 21.6 Å². The first-order valence-corrected chi connectivity index (χ1v) is 13.1. The van der Waals surface area contributed by atoms with Gasteiger partial charge in [-0.15, -0.1) is 0 Å². The molecule has 0 fully saturated rings. The topological polar surface area (TPSA) is 190 Å².